The summed E-state index contributed by atoms with van der Waals surface area (Å²) in [5.41, 5.74) is 3.23. The van der Waals surface area contributed by atoms with Gasteiger partial charge in [-0.2, -0.15) is 0 Å². The van der Waals surface area contributed by atoms with Crippen molar-refractivity contribution >= 4 is 22.7 Å². The Bertz CT molecular complexity index is 802. The van der Waals surface area contributed by atoms with Gasteiger partial charge in [0.05, 0.1) is 35.0 Å². The summed E-state index contributed by atoms with van der Waals surface area (Å²) in [6.45, 7) is 0.419. The monoisotopic (exact) mass is 279 g/mol. The first-order valence-corrected chi connectivity index (χ1v) is 6.51. The summed E-state index contributed by atoms with van der Waals surface area (Å²) in [4.78, 5) is 20.0. The summed E-state index contributed by atoms with van der Waals surface area (Å²) in [6.07, 6.45) is 1.69. The van der Waals surface area contributed by atoms with Crippen LogP contribution in [0.2, 0.25) is 0 Å². The highest BCUT2D eigenvalue weighted by atomic mass is 16.4. The Kier molecular flexibility index (Phi) is 3.47. The topological polar surface area (TPSA) is 75.1 Å². The van der Waals surface area contributed by atoms with Gasteiger partial charge in [-0.15, -0.1) is 0 Å². The number of nitrogens with zero attached hydrogens (tertiary/aromatic N) is 2. The molecule has 0 fully saturated rings. The lowest BCUT2D eigenvalue weighted by Gasteiger charge is -2.09. The fourth-order valence-electron chi connectivity index (χ4n) is 2.09. The van der Waals surface area contributed by atoms with Crippen LogP contribution in [-0.2, 0) is 6.54 Å². The molecule has 3 aromatic rings. The zero-order valence-corrected chi connectivity index (χ0v) is 11.2. The average molecular weight is 279 g/mol. The van der Waals surface area contributed by atoms with Gasteiger partial charge in [0, 0.05) is 5.69 Å². The number of rotatable bonds is 4. The van der Waals surface area contributed by atoms with E-state index in [9.17, 15) is 4.79 Å². The zero-order chi connectivity index (χ0) is 14.7. The second-order valence-electron chi connectivity index (χ2n) is 4.55. The Hall–Kier alpha value is -2.95. The minimum atomic E-state index is -0.956. The number of anilines is 1. The molecule has 0 atom stereocenters. The SMILES string of the molecule is O=C(O)c1ccccc1NCc1cnc2ccccc2n1. The van der Waals surface area contributed by atoms with Crippen molar-refractivity contribution in [2.24, 2.45) is 0 Å². The summed E-state index contributed by atoms with van der Waals surface area (Å²) in [6, 6.07) is 14.4. The molecule has 104 valence electrons. The number of nitrogens with one attached hydrogen (secondary N) is 1. The van der Waals surface area contributed by atoms with Crippen LogP contribution in [0.3, 0.4) is 0 Å². The Morgan fingerprint density at radius 2 is 1.76 bits per heavy atom. The van der Waals surface area contributed by atoms with E-state index in [0.717, 1.165) is 16.7 Å². The third-order valence-electron chi connectivity index (χ3n) is 3.12. The van der Waals surface area contributed by atoms with Crippen molar-refractivity contribution in [1.82, 2.24) is 9.97 Å². The van der Waals surface area contributed by atoms with E-state index in [2.05, 4.69) is 15.3 Å². The van der Waals surface area contributed by atoms with Gasteiger partial charge in [0.1, 0.15) is 0 Å². The quantitative estimate of drug-likeness (QED) is 0.768. The number of fused-ring (bicyclic) bond motifs is 1. The first-order valence-electron chi connectivity index (χ1n) is 6.51. The van der Waals surface area contributed by atoms with Crippen LogP contribution in [0.15, 0.2) is 54.7 Å². The number of aromatic carboxylic acids is 1. The lowest BCUT2D eigenvalue weighted by atomic mass is 10.2. The normalized spacial score (nSPS) is 10.5. The van der Waals surface area contributed by atoms with Gasteiger partial charge in [-0.05, 0) is 24.3 Å². The molecule has 0 aliphatic carbocycles. The van der Waals surface area contributed by atoms with Crippen LogP contribution in [-0.4, -0.2) is 21.0 Å². The number of carboxylic acids is 1. The molecule has 1 aromatic heterocycles. The van der Waals surface area contributed by atoms with E-state index in [4.69, 9.17) is 5.11 Å². The maximum Gasteiger partial charge on any atom is 0.337 e. The van der Waals surface area contributed by atoms with Crippen LogP contribution >= 0.6 is 0 Å². The molecule has 21 heavy (non-hydrogen) atoms. The fourth-order valence-corrected chi connectivity index (χ4v) is 2.09. The highest BCUT2D eigenvalue weighted by molar-refractivity contribution is 5.94. The molecule has 0 unspecified atom stereocenters. The second kappa shape index (κ2) is 5.58. The molecule has 0 spiro atoms. The van der Waals surface area contributed by atoms with E-state index < -0.39 is 5.97 Å². The van der Waals surface area contributed by atoms with Crippen molar-refractivity contribution in [3.8, 4) is 0 Å². The van der Waals surface area contributed by atoms with Crippen molar-refractivity contribution in [2.75, 3.05) is 5.32 Å². The van der Waals surface area contributed by atoms with Gasteiger partial charge >= 0.3 is 5.97 Å². The second-order valence-corrected chi connectivity index (χ2v) is 4.55. The van der Waals surface area contributed by atoms with Gasteiger partial charge in [0.2, 0.25) is 0 Å². The predicted octanol–water partition coefficient (Wildman–Crippen LogP) is 2.94. The van der Waals surface area contributed by atoms with Crippen LogP contribution in [0.5, 0.6) is 0 Å². The minimum absolute atomic E-state index is 0.242. The molecule has 0 saturated heterocycles. The largest absolute Gasteiger partial charge is 0.478 e. The molecule has 5 heteroatoms. The molecule has 0 aliphatic heterocycles. The molecular formula is C16H13N3O2. The molecule has 5 nitrogen and oxygen atoms in total. The maximum absolute atomic E-state index is 11.1. The predicted molar refractivity (Wildman–Crippen MR) is 80.3 cm³/mol. The zero-order valence-electron chi connectivity index (χ0n) is 11.2. The molecule has 2 N–H and O–H groups in total. The molecule has 0 amide bonds. The smallest absolute Gasteiger partial charge is 0.337 e. The van der Waals surface area contributed by atoms with Gasteiger partial charge in [0.15, 0.2) is 0 Å². The van der Waals surface area contributed by atoms with Gasteiger partial charge in [-0.25, -0.2) is 9.78 Å². The number of carbonyl (C=O) groups is 1. The maximum atomic E-state index is 11.1. The number of benzene rings is 2. The summed E-state index contributed by atoms with van der Waals surface area (Å²) >= 11 is 0. The highest BCUT2D eigenvalue weighted by Crippen LogP contribution is 2.16. The van der Waals surface area contributed by atoms with E-state index in [1.807, 2.05) is 24.3 Å². The van der Waals surface area contributed by atoms with Gasteiger partial charge < -0.3 is 10.4 Å². The Balaban J connectivity index is 1.82. The van der Waals surface area contributed by atoms with E-state index in [1.54, 1.807) is 30.5 Å². The third kappa shape index (κ3) is 2.81. The number of aromatic nitrogens is 2. The van der Waals surface area contributed by atoms with Crippen molar-refractivity contribution in [2.45, 2.75) is 6.54 Å². The standard InChI is InChI=1S/C16H13N3O2/c20-16(21)12-5-1-2-6-13(12)17-9-11-10-18-14-7-3-4-8-15(14)19-11/h1-8,10,17H,9H2,(H,20,21). The lowest BCUT2D eigenvalue weighted by Crippen LogP contribution is -2.07. The Labute approximate surface area is 121 Å². The van der Waals surface area contributed by atoms with E-state index >= 15 is 0 Å². The van der Waals surface area contributed by atoms with Gasteiger partial charge in [0.25, 0.3) is 0 Å². The van der Waals surface area contributed by atoms with Crippen LogP contribution in [0.25, 0.3) is 11.0 Å². The molecular weight excluding hydrogens is 266 g/mol. The number of carboxylic acid groups (broad SMARTS) is 1. The van der Waals surface area contributed by atoms with Crippen LogP contribution < -0.4 is 5.32 Å². The fraction of sp³-hybridized carbons (Fsp3) is 0.0625. The molecule has 3 rings (SSSR count). The van der Waals surface area contributed by atoms with Gasteiger partial charge in [-0.3, -0.25) is 4.98 Å². The number of hydrogen-bond donors (Lipinski definition) is 2. The van der Waals surface area contributed by atoms with Crippen molar-refractivity contribution in [3.05, 3.63) is 66.0 Å². The Morgan fingerprint density at radius 3 is 2.57 bits per heavy atom. The lowest BCUT2D eigenvalue weighted by molar-refractivity contribution is 0.0698. The van der Waals surface area contributed by atoms with Crippen LogP contribution in [0.1, 0.15) is 16.1 Å². The first-order chi connectivity index (χ1) is 10.2. The van der Waals surface area contributed by atoms with Crippen molar-refractivity contribution in [3.63, 3.8) is 0 Å². The first kappa shape index (κ1) is 13.1. The van der Waals surface area contributed by atoms with Crippen molar-refractivity contribution < 1.29 is 9.90 Å². The van der Waals surface area contributed by atoms with Crippen LogP contribution in [0.4, 0.5) is 5.69 Å². The third-order valence-corrected chi connectivity index (χ3v) is 3.12. The molecule has 0 radical (unpaired) electrons. The molecule has 0 aliphatic rings. The summed E-state index contributed by atoms with van der Waals surface area (Å²) < 4.78 is 0. The highest BCUT2D eigenvalue weighted by Gasteiger charge is 2.08. The molecule has 2 aromatic carbocycles. The molecule has 1 heterocycles. The van der Waals surface area contributed by atoms with E-state index in [0.29, 0.717) is 12.2 Å². The number of para-hydroxylation sites is 3. The Morgan fingerprint density at radius 1 is 1.05 bits per heavy atom. The average Bonchev–Trinajstić information content (AvgIpc) is 2.53. The summed E-state index contributed by atoms with van der Waals surface area (Å²) in [5.74, 6) is -0.956. The van der Waals surface area contributed by atoms with E-state index in [-0.39, 0.29) is 5.56 Å². The minimum Gasteiger partial charge on any atom is -0.478 e. The molecule has 0 bridgehead atoms. The van der Waals surface area contributed by atoms with Crippen molar-refractivity contribution in [1.29, 1.82) is 0 Å². The van der Waals surface area contributed by atoms with Crippen LogP contribution in [0, 0.1) is 0 Å². The number of hydrogen-bond acceptors (Lipinski definition) is 4. The summed E-state index contributed by atoms with van der Waals surface area (Å²) in [7, 11) is 0. The molecule has 0 saturated carbocycles. The summed E-state index contributed by atoms with van der Waals surface area (Å²) in [5, 5.41) is 12.2. The van der Waals surface area contributed by atoms with E-state index in [1.165, 1.54) is 0 Å². The van der Waals surface area contributed by atoms with Gasteiger partial charge in [-0.1, -0.05) is 24.3 Å².